The molecule has 0 bridgehead atoms. The Bertz CT molecular complexity index is 1720. The standard InChI is InChI=1S/C32H27F2N3O7/c1-31(17-41-25-15-28-27(13-21(25)31)43-32(33,34)44-28)30(38)35-23-14-26(42-24-12-19(39-2)8-9-20(23)24)22-10-11-29(37-36-22)40-16-18-6-4-3-5-7-18/h3-13,15,23,26H,14,16-17H2,1-2H3,(H,35,38)/t23-,26-,31+/m1/s1. The summed E-state index contributed by atoms with van der Waals surface area (Å²) < 4.78 is 59.8. The third-order valence-electron chi connectivity index (χ3n) is 7.96. The number of ether oxygens (including phenoxy) is 6. The zero-order valence-corrected chi connectivity index (χ0v) is 23.7. The van der Waals surface area contributed by atoms with Gasteiger partial charge in [-0.1, -0.05) is 30.3 Å². The van der Waals surface area contributed by atoms with Crippen molar-refractivity contribution in [2.75, 3.05) is 13.7 Å². The number of carbonyl (C=O) groups excluding carboxylic acids is 1. The molecule has 4 aromatic rings. The molecule has 226 valence electrons. The molecule has 1 aromatic heterocycles. The fourth-order valence-electron chi connectivity index (χ4n) is 5.54. The van der Waals surface area contributed by atoms with E-state index in [2.05, 4.69) is 25.0 Å². The van der Waals surface area contributed by atoms with Gasteiger partial charge in [0.2, 0.25) is 11.8 Å². The highest BCUT2D eigenvalue weighted by molar-refractivity contribution is 5.90. The molecule has 12 heteroatoms. The second-order valence-corrected chi connectivity index (χ2v) is 10.9. The van der Waals surface area contributed by atoms with Gasteiger partial charge >= 0.3 is 6.29 Å². The van der Waals surface area contributed by atoms with Crippen molar-refractivity contribution >= 4 is 5.91 Å². The third-order valence-corrected chi connectivity index (χ3v) is 7.96. The van der Waals surface area contributed by atoms with Crippen LogP contribution in [-0.4, -0.2) is 36.1 Å². The van der Waals surface area contributed by atoms with Crippen molar-refractivity contribution in [2.24, 2.45) is 0 Å². The van der Waals surface area contributed by atoms with Crippen LogP contribution in [0.1, 0.15) is 47.9 Å². The van der Waals surface area contributed by atoms with E-state index in [1.54, 1.807) is 38.3 Å². The molecule has 1 amide bonds. The second kappa shape index (κ2) is 10.5. The van der Waals surface area contributed by atoms with E-state index in [1.807, 2.05) is 36.4 Å². The van der Waals surface area contributed by atoms with Crippen LogP contribution in [0.2, 0.25) is 0 Å². The quantitative estimate of drug-likeness (QED) is 0.296. The van der Waals surface area contributed by atoms with Gasteiger partial charge in [0.1, 0.15) is 47.7 Å². The number of fused-ring (bicyclic) bond motifs is 3. The number of amides is 1. The number of hydrogen-bond acceptors (Lipinski definition) is 9. The van der Waals surface area contributed by atoms with E-state index >= 15 is 0 Å². The van der Waals surface area contributed by atoms with Gasteiger partial charge in [0.25, 0.3) is 0 Å². The Hall–Kier alpha value is -5.13. The number of alkyl halides is 2. The van der Waals surface area contributed by atoms with E-state index in [4.69, 9.17) is 18.9 Å². The predicted molar refractivity (Wildman–Crippen MR) is 150 cm³/mol. The van der Waals surface area contributed by atoms with Gasteiger partial charge in [-0.3, -0.25) is 4.79 Å². The lowest BCUT2D eigenvalue weighted by Crippen LogP contribution is -2.46. The number of benzene rings is 3. The number of carbonyl (C=O) groups is 1. The lowest BCUT2D eigenvalue weighted by atomic mass is 9.82. The number of nitrogens with one attached hydrogen (secondary N) is 1. The lowest BCUT2D eigenvalue weighted by molar-refractivity contribution is -0.286. The van der Waals surface area contributed by atoms with E-state index < -0.39 is 23.9 Å². The van der Waals surface area contributed by atoms with Gasteiger partial charge in [-0.15, -0.1) is 19.0 Å². The van der Waals surface area contributed by atoms with E-state index in [-0.39, 0.29) is 29.8 Å². The van der Waals surface area contributed by atoms with Crippen LogP contribution in [0.25, 0.3) is 0 Å². The molecule has 3 aliphatic rings. The fourth-order valence-corrected chi connectivity index (χ4v) is 5.54. The summed E-state index contributed by atoms with van der Waals surface area (Å²) in [5.74, 6) is 1.10. The Labute approximate surface area is 250 Å². The van der Waals surface area contributed by atoms with E-state index in [1.165, 1.54) is 12.1 Å². The molecule has 0 saturated carbocycles. The van der Waals surface area contributed by atoms with Crippen molar-refractivity contribution < 1.29 is 42.0 Å². The summed E-state index contributed by atoms with van der Waals surface area (Å²) in [4.78, 5) is 13.9. The minimum Gasteiger partial charge on any atom is -0.497 e. The predicted octanol–water partition coefficient (Wildman–Crippen LogP) is 5.42. The van der Waals surface area contributed by atoms with Crippen LogP contribution >= 0.6 is 0 Å². The number of hydrogen-bond donors (Lipinski definition) is 1. The number of rotatable bonds is 7. The Morgan fingerprint density at radius 1 is 0.977 bits per heavy atom. The molecule has 7 rings (SSSR count). The first-order valence-corrected chi connectivity index (χ1v) is 13.9. The van der Waals surface area contributed by atoms with Crippen LogP contribution in [0.3, 0.4) is 0 Å². The molecular weight excluding hydrogens is 576 g/mol. The topological polar surface area (TPSA) is 110 Å². The van der Waals surface area contributed by atoms with Crippen molar-refractivity contribution in [3.8, 4) is 34.6 Å². The van der Waals surface area contributed by atoms with Gasteiger partial charge in [0.05, 0.1) is 13.2 Å². The first-order chi connectivity index (χ1) is 21.2. The van der Waals surface area contributed by atoms with Crippen LogP contribution in [0.4, 0.5) is 8.78 Å². The van der Waals surface area contributed by atoms with Gasteiger partial charge in [-0.05, 0) is 36.8 Å². The number of nitrogens with zero attached hydrogens (tertiary/aromatic N) is 2. The molecule has 0 saturated heterocycles. The molecule has 0 spiro atoms. The van der Waals surface area contributed by atoms with Gasteiger partial charge in [-0.2, -0.15) is 0 Å². The third kappa shape index (κ3) is 5.06. The average Bonchev–Trinajstić information content (AvgIpc) is 3.53. The normalized spacial score (nSPS) is 22.2. The zero-order chi connectivity index (χ0) is 30.5. The van der Waals surface area contributed by atoms with Crippen LogP contribution in [0, 0.1) is 0 Å². The molecule has 0 fully saturated rings. The maximum absolute atomic E-state index is 13.9. The highest BCUT2D eigenvalue weighted by Gasteiger charge is 2.49. The van der Waals surface area contributed by atoms with Crippen LogP contribution in [0.15, 0.2) is 72.8 Å². The Balaban J connectivity index is 1.12. The second-order valence-electron chi connectivity index (χ2n) is 10.9. The first kappa shape index (κ1) is 27.7. The summed E-state index contributed by atoms with van der Waals surface area (Å²) in [7, 11) is 1.56. The highest BCUT2D eigenvalue weighted by atomic mass is 19.3. The van der Waals surface area contributed by atoms with Crippen molar-refractivity contribution in [3.63, 3.8) is 0 Å². The monoisotopic (exact) mass is 603 g/mol. The van der Waals surface area contributed by atoms with Crippen molar-refractivity contribution in [1.29, 1.82) is 0 Å². The summed E-state index contributed by atoms with van der Waals surface area (Å²) in [6, 6.07) is 20.8. The molecular formula is C32H27F2N3O7. The first-order valence-electron chi connectivity index (χ1n) is 13.9. The molecule has 44 heavy (non-hydrogen) atoms. The van der Waals surface area contributed by atoms with Gasteiger partial charge in [-0.25, -0.2) is 0 Å². The van der Waals surface area contributed by atoms with Crippen LogP contribution < -0.4 is 33.7 Å². The largest absolute Gasteiger partial charge is 0.586 e. The summed E-state index contributed by atoms with van der Waals surface area (Å²) in [5.41, 5.74) is 1.54. The minimum absolute atomic E-state index is 0.00545. The average molecular weight is 604 g/mol. The molecule has 0 unspecified atom stereocenters. The van der Waals surface area contributed by atoms with Crippen molar-refractivity contribution in [2.45, 2.75) is 43.8 Å². The number of halogens is 2. The number of methoxy groups -OCH3 is 1. The molecule has 0 radical (unpaired) electrons. The van der Waals surface area contributed by atoms with Gasteiger partial charge in [0, 0.05) is 35.7 Å². The lowest BCUT2D eigenvalue weighted by Gasteiger charge is -2.34. The minimum atomic E-state index is -3.78. The maximum Gasteiger partial charge on any atom is 0.586 e. The van der Waals surface area contributed by atoms with Crippen molar-refractivity contribution in [1.82, 2.24) is 15.5 Å². The molecule has 3 atom stereocenters. The molecule has 10 nitrogen and oxygen atoms in total. The van der Waals surface area contributed by atoms with Crippen LogP contribution in [-0.2, 0) is 16.8 Å². The zero-order valence-electron chi connectivity index (χ0n) is 23.7. The van der Waals surface area contributed by atoms with Crippen molar-refractivity contribution in [3.05, 3.63) is 95.2 Å². The Morgan fingerprint density at radius 3 is 2.52 bits per heavy atom. The highest BCUT2D eigenvalue weighted by Crippen LogP contribution is 2.50. The number of aromatic nitrogens is 2. The molecule has 3 aliphatic heterocycles. The molecule has 3 aromatic carbocycles. The molecule has 1 N–H and O–H groups in total. The van der Waals surface area contributed by atoms with Gasteiger partial charge < -0.3 is 33.7 Å². The fraction of sp³-hybridized carbons (Fsp3) is 0.281. The Kier molecular flexibility index (Phi) is 6.64. The summed E-state index contributed by atoms with van der Waals surface area (Å²) in [6.45, 7) is 2.05. The maximum atomic E-state index is 13.9. The van der Waals surface area contributed by atoms with Crippen LogP contribution in [0.5, 0.6) is 34.6 Å². The summed E-state index contributed by atoms with van der Waals surface area (Å²) in [5, 5.41) is 11.7. The van der Waals surface area contributed by atoms with Gasteiger partial charge in [0.15, 0.2) is 11.5 Å². The Morgan fingerprint density at radius 2 is 1.77 bits per heavy atom. The van der Waals surface area contributed by atoms with E-state index in [0.717, 1.165) is 11.1 Å². The summed E-state index contributed by atoms with van der Waals surface area (Å²) in [6.07, 6.45) is -3.99. The molecule has 0 aliphatic carbocycles. The van der Waals surface area contributed by atoms with E-state index in [9.17, 15) is 13.6 Å². The SMILES string of the molecule is COc1ccc2c(c1)O[C@@H](c1ccc(OCc3ccccc3)nn1)C[C@H]2NC(=O)[C@@]1(C)COc2cc3c(cc21)OC(F)(F)O3. The smallest absolute Gasteiger partial charge is 0.497 e. The molecule has 4 heterocycles. The summed E-state index contributed by atoms with van der Waals surface area (Å²) >= 11 is 0. The van der Waals surface area contributed by atoms with E-state index in [0.29, 0.717) is 41.7 Å².